The van der Waals surface area contributed by atoms with Gasteiger partial charge in [-0.25, -0.2) is 10.2 Å². The molecule has 0 aliphatic carbocycles. The molecule has 4 N–H and O–H groups in total. The van der Waals surface area contributed by atoms with Gasteiger partial charge in [-0.05, 0) is 57.9 Å². The Hall–Kier alpha value is -2.78. The second-order valence-electron chi connectivity index (χ2n) is 5.11. The van der Waals surface area contributed by atoms with Crippen molar-refractivity contribution in [3.63, 3.8) is 0 Å². The van der Waals surface area contributed by atoms with Crippen molar-refractivity contribution in [2.75, 3.05) is 19.0 Å². The number of hydrazone groups is 1. The first-order chi connectivity index (χ1) is 12.9. The van der Waals surface area contributed by atoms with Gasteiger partial charge in [-0.1, -0.05) is 11.6 Å². The number of rotatable bonds is 7. The quantitative estimate of drug-likeness (QED) is 0.439. The van der Waals surface area contributed by atoms with Gasteiger partial charge >= 0.3 is 6.03 Å². The van der Waals surface area contributed by atoms with Gasteiger partial charge in [-0.3, -0.25) is 4.79 Å². The number of methoxy groups -OCH3 is 1. The summed E-state index contributed by atoms with van der Waals surface area (Å²) < 4.78 is 11.5. The van der Waals surface area contributed by atoms with Crippen LogP contribution in [-0.4, -0.2) is 31.9 Å². The van der Waals surface area contributed by atoms with Gasteiger partial charge in [0.1, 0.15) is 0 Å². The van der Waals surface area contributed by atoms with Crippen LogP contribution >= 0.6 is 27.5 Å². The molecule has 0 atom stereocenters. The molecule has 142 valence electrons. The number of nitrogens with two attached hydrogens (primary N) is 1. The molecule has 0 aliphatic rings. The first-order valence-electron chi connectivity index (χ1n) is 7.53. The Labute approximate surface area is 168 Å². The molecule has 0 fully saturated rings. The van der Waals surface area contributed by atoms with Gasteiger partial charge in [0, 0.05) is 10.2 Å². The Morgan fingerprint density at radius 3 is 2.70 bits per heavy atom. The average Bonchev–Trinajstić information content (AvgIpc) is 2.63. The summed E-state index contributed by atoms with van der Waals surface area (Å²) in [5.74, 6) is 0.422. The van der Waals surface area contributed by atoms with E-state index in [0.29, 0.717) is 27.8 Å². The van der Waals surface area contributed by atoms with Crippen LogP contribution in [0.3, 0.4) is 0 Å². The average molecular weight is 456 g/mol. The smallest absolute Gasteiger partial charge is 0.332 e. The van der Waals surface area contributed by atoms with Crippen LogP contribution in [0.2, 0.25) is 5.02 Å². The Kier molecular flexibility index (Phi) is 7.44. The van der Waals surface area contributed by atoms with E-state index in [1.165, 1.54) is 13.3 Å². The van der Waals surface area contributed by atoms with Crippen LogP contribution in [0.1, 0.15) is 5.56 Å². The van der Waals surface area contributed by atoms with Crippen molar-refractivity contribution in [3.05, 3.63) is 51.5 Å². The molecule has 0 aromatic heterocycles. The summed E-state index contributed by atoms with van der Waals surface area (Å²) in [5, 5.41) is 6.83. The normalized spacial score (nSPS) is 10.5. The van der Waals surface area contributed by atoms with E-state index in [-0.39, 0.29) is 12.5 Å². The monoisotopic (exact) mass is 454 g/mol. The highest BCUT2D eigenvalue weighted by Crippen LogP contribution is 2.28. The zero-order chi connectivity index (χ0) is 19.8. The summed E-state index contributed by atoms with van der Waals surface area (Å²) in [5.41, 5.74) is 8.20. The molecular formula is C17H16BrClN4O4. The number of hydrogen-bond acceptors (Lipinski definition) is 5. The number of carbonyl (C=O) groups is 2. The number of primary amides is 1. The molecule has 2 aromatic rings. The Morgan fingerprint density at radius 1 is 1.26 bits per heavy atom. The third-order valence-corrected chi connectivity index (χ3v) is 4.37. The molecule has 0 saturated carbocycles. The minimum atomic E-state index is -0.767. The highest BCUT2D eigenvalue weighted by molar-refractivity contribution is 9.10. The van der Waals surface area contributed by atoms with Crippen LogP contribution in [0.25, 0.3) is 0 Å². The van der Waals surface area contributed by atoms with Crippen molar-refractivity contribution >= 4 is 51.4 Å². The summed E-state index contributed by atoms with van der Waals surface area (Å²) in [6, 6.07) is 9.23. The van der Waals surface area contributed by atoms with Crippen molar-refractivity contribution in [2.45, 2.75) is 0 Å². The van der Waals surface area contributed by atoms with Crippen molar-refractivity contribution in [3.8, 4) is 11.5 Å². The van der Waals surface area contributed by atoms with E-state index in [1.807, 2.05) is 0 Å². The van der Waals surface area contributed by atoms with E-state index in [4.69, 9.17) is 26.8 Å². The number of benzene rings is 2. The van der Waals surface area contributed by atoms with Gasteiger partial charge in [0.2, 0.25) is 0 Å². The lowest BCUT2D eigenvalue weighted by molar-refractivity contribution is -0.118. The summed E-state index contributed by atoms with van der Waals surface area (Å²) in [4.78, 5) is 22.6. The summed E-state index contributed by atoms with van der Waals surface area (Å²) in [6.45, 7) is -0.222. The third kappa shape index (κ3) is 6.46. The van der Waals surface area contributed by atoms with E-state index in [0.717, 1.165) is 4.47 Å². The van der Waals surface area contributed by atoms with Gasteiger partial charge in [0.05, 0.1) is 18.3 Å². The molecule has 2 rings (SSSR count). The number of nitrogens with zero attached hydrogens (tertiary/aromatic N) is 1. The number of carbonyl (C=O) groups excluding carboxylic acids is 2. The van der Waals surface area contributed by atoms with Crippen LogP contribution in [-0.2, 0) is 4.79 Å². The summed E-state index contributed by atoms with van der Waals surface area (Å²) in [6.07, 6.45) is 1.39. The van der Waals surface area contributed by atoms with Crippen LogP contribution < -0.4 is 25.9 Å². The molecule has 3 amide bonds. The molecule has 27 heavy (non-hydrogen) atoms. The Morgan fingerprint density at radius 2 is 2.04 bits per heavy atom. The zero-order valence-electron chi connectivity index (χ0n) is 14.2. The van der Waals surface area contributed by atoms with Crippen LogP contribution in [0, 0.1) is 0 Å². The second-order valence-corrected chi connectivity index (χ2v) is 6.37. The number of ether oxygens (including phenoxy) is 2. The van der Waals surface area contributed by atoms with Crippen molar-refractivity contribution in [1.82, 2.24) is 5.43 Å². The SMILES string of the molecule is COc1cc(/C=N/NC(N)=O)ccc1OCC(=O)Nc1ccc(Br)c(Cl)c1. The van der Waals surface area contributed by atoms with E-state index in [1.54, 1.807) is 36.4 Å². The predicted molar refractivity (Wildman–Crippen MR) is 107 cm³/mol. The lowest BCUT2D eigenvalue weighted by Crippen LogP contribution is -2.24. The summed E-state index contributed by atoms with van der Waals surface area (Å²) >= 11 is 9.27. The number of hydrogen-bond donors (Lipinski definition) is 3. The van der Waals surface area contributed by atoms with Crippen molar-refractivity contribution in [1.29, 1.82) is 0 Å². The molecule has 0 bridgehead atoms. The number of anilines is 1. The fourth-order valence-electron chi connectivity index (χ4n) is 1.97. The fourth-order valence-corrected chi connectivity index (χ4v) is 2.40. The van der Waals surface area contributed by atoms with Gasteiger partial charge in [0.25, 0.3) is 5.91 Å². The highest BCUT2D eigenvalue weighted by Gasteiger charge is 2.09. The first-order valence-corrected chi connectivity index (χ1v) is 8.70. The maximum absolute atomic E-state index is 12.0. The molecule has 0 heterocycles. The van der Waals surface area contributed by atoms with E-state index in [2.05, 4.69) is 31.8 Å². The zero-order valence-corrected chi connectivity index (χ0v) is 16.5. The lowest BCUT2D eigenvalue weighted by Gasteiger charge is -2.11. The predicted octanol–water partition coefficient (Wildman–Crippen LogP) is 3.13. The number of amides is 3. The molecule has 8 nitrogen and oxygen atoms in total. The van der Waals surface area contributed by atoms with Gasteiger partial charge in [0.15, 0.2) is 18.1 Å². The lowest BCUT2D eigenvalue weighted by atomic mass is 10.2. The number of nitrogens with one attached hydrogen (secondary N) is 2. The summed E-state index contributed by atoms with van der Waals surface area (Å²) in [7, 11) is 1.47. The van der Waals surface area contributed by atoms with Crippen LogP contribution in [0.15, 0.2) is 46.0 Å². The van der Waals surface area contributed by atoms with E-state index >= 15 is 0 Å². The van der Waals surface area contributed by atoms with Crippen LogP contribution in [0.5, 0.6) is 11.5 Å². The largest absolute Gasteiger partial charge is 0.493 e. The van der Waals surface area contributed by atoms with Crippen LogP contribution in [0.4, 0.5) is 10.5 Å². The Bertz CT molecular complexity index is 876. The van der Waals surface area contributed by atoms with E-state index < -0.39 is 6.03 Å². The fraction of sp³-hybridized carbons (Fsp3) is 0.118. The molecule has 0 spiro atoms. The Balaban J connectivity index is 1.97. The molecular weight excluding hydrogens is 440 g/mol. The molecule has 10 heteroatoms. The molecule has 0 aliphatic heterocycles. The molecule has 0 radical (unpaired) electrons. The molecule has 0 saturated heterocycles. The maximum Gasteiger partial charge on any atom is 0.332 e. The standard InChI is InChI=1S/C17H16BrClN4O4/c1-26-15-6-10(8-21-23-17(20)25)2-5-14(15)27-9-16(24)22-11-3-4-12(18)13(19)7-11/h2-8H,9H2,1H3,(H,22,24)(H3,20,23,25)/b21-8+. The third-order valence-electron chi connectivity index (χ3n) is 3.14. The van der Waals surface area contributed by atoms with E-state index in [9.17, 15) is 9.59 Å². The van der Waals surface area contributed by atoms with Gasteiger partial charge < -0.3 is 20.5 Å². The number of urea groups is 1. The van der Waals surface area contributed by atoms with Crippen molar-refractivity contribution < 1.29 is 19.1 Å². The maximum atomic E-state index is 12.0. The second kappa shape index (κ2) is 9.79. The molecule has 0 unspecified atom stereocenters. The highest BCUT2D eigenvalue weighted by atomic mass is 79.9. The topological polar surface area (TPSA) is 115 Å². The first kappa shape index (κ1) is 20.5. The minimum absolute atomic E-state index is 0.222. The van der Waals surface area contributed by atoms with Gasteiger partial charge in [-0.2, -0.15) is 5.10 Å². The number of halogens is 2. The van der Waals surface area contributed by atoms with Gasteiger partial charge in [-0.15, -0.1) is 0 Å². The molecule has 2 aromatic carbocycles. The minimum Gasteiger partial charge on any atom is -0.493 e. The van der Waals surface area contributed by atoms with Crippen molar-refractivity contribution in [2.24, 2.45) is 10.8 Å².